The Morgan fingerprint density at radius 3 is 2.10 bits per heavy atom. The maximum absolute atomic E-state index is 13.4. The van der Waals surface area contributed by atoms with Crippen LogP contribution < -0.4 is 68.6 Å². The lowest BCUT2D eigenvalue weighted by atomic mass is 9.89. The highest BCUT2D eigenvalue weighted by Crippen LogP contribution is 2.40. The summed E-state index contributed by atoms with van der Waals surface area (Å²) in [5.41, 5.74) is 9.66. The molecule has 0 bridgehead atoms. The number of H-pyrrole nitrogens is 1. The van der Waals surface area contributed by atoms with E-state index in [4.69, 9.17) is 22.7 Å². The number of unbranched alkanes of at least 4 members (excludes halogenated alkanes) is 2. The molecule has 3 heterocycles. The Morgan fingerprint density at radius 1 is 0.747 bits per heavy atom. The number of benzene rings is 4. The monoisotopic (exact) mass is 1230 g/mol. The van der Waals surface area contributed by atoms with Gasteiger partial charge in [-0.2, -0.15) is 17.6 Å². The van der Waals surface area contributed by atoms with E-state index in [0.717, 1.165) is 29.6 Å². The van der Waals surface area contributed by atoms with E-state index in [1.807, 2.05) is 36.4 Å². The molecule has 0 spiro atoms. The minimum Gasteiger partial charge on any atom is -0.480 e. The van der Waals surface area contributed by atoms with Crippen molar-refractivity contribution in [3.05, 3.63) is 134 Å². The Balaban J connectivity index is 0.841. The molecule has 13 N–H and O–H groups in total. The fourth-order valence-corrected chi connectivity index (χ4v) is 10.0. The third kappa shape index (κ3) is 18.0. The lowest BCUT2D eigenvalue weighted by Crippen LogP contribution is -2.47. The molecule has 3 unspecified atom stereocenters. The maximum atomic E-state index is 13.4. The van der Waals surface area contributed by atoms with Crippen LogP contribution in [0.4, 0.5) is 23.0 Å². The summed E-state index contributed by atoms with van der Waals surface area (Å²) in [6.45, 7) is 10.5. The molecular formula is C60H69N13O12S2. The van der Waals surface area contributed by atoms with Crippen LogP contribution in [0, 0.1) is 0 Å². The number of anilines is 4. The van der Waals surface area contributed by atoms with Gasteiger partial charge in [0.2, 0.25) is 23.7 Å². The van der Waals surface area contributed by atoms with Gasteiger partial charge in [0.15, 0.2) is 16.3 Å². The van der Waals surface area contributed by atoms with Gasteiger partial charge in [-0.05, 0) is 148 Å². The Bertz CT molecular complexity index is 3730. The number of carbonyl (C=O) groups excluding carboxylic acids is 4. The Kier molecular flexibility index (Phi) is 23.1. The van der Waals surface area contributed by atoms with Gasteiger partial charge in [-0.15, -0.1) is 0 Å². The normalized spacial score (nSPS) is 12.4. The molecule has 6 aromatic rings. The van der Waals surface area contributed by atoms with Gasteiger partial charge in [0.05, 0.1) is 24.0 Å². The lowest BCUT2D eigenvalue weighted by molar-refractivity contribution is -0.142. The van der Waals surface area contributed by atoms with E-state index in [0.29, 0.717) is 70.7 Å². The molecule has 0 aliphatic carbocycles. The molecular weight excluding hydrogens is 1160 g/mol. The SMILES string of the molecule is C=c1ccc2c(c1)Oc1cc(N(CC)CC)ccc1C=2c1cc(NC(=S)NCCCCC(NC(=O)CCS)C(=O)NCCCCC(NC(=O)CCC(NC(=O)c2ccc(NCc3cnc4nc(N)[nH]c(=O)c4n3)cc2)C(=O)O)C(=O)O)ccc1C(=O)O. The molecule has 0 fully saturated rings. The number of ether oxygens (including phenoxy) is 1. The van der Waals surface area contributed by atoms with Crippen molar-refractivity contribution in [2.75, 3.05) is 53.2 Å². The summed E-state index contributed by atoms with van der Waals surface area (Å²) in [5, 5.41) is 51.6. The van der Waals surface area contributed by atoms with Crippen LogP contribution in [0.2, 0.25) is 0 Å². The second kappa shape index (κ2) is 31.0. The number of aromatic carboxylic acids is 1. The first kappa shape index (κ1) is 64.9. The standard InChI is InChI=1S/C60H69N13O12S2/c1-4-73(5-2)38-18-21-41-47(30-38)85-46-28-33(3)12-19-40(46)50(41)42-29-36(17-20-39(42)56(79)80)67-60(87)63-26-9-6-10-43(68-49(75)24-27-86)54(77)62-25-8-7-11-44(57(81)82)69-48(74)23-22-45(58(83)84)70-53(76)34-13-15-35(16-14-34)64-31-37-32-65-52-51(66-37)55(78)72-59(61)71-52/h12-21,28-30,32,43-45,64,86H,3-11,22-27,31H2,1-2H3,(H,62,77)(H,68,75)(H,69,74)(H,70,76)(H,79,80)(H,81,82)(H,83,84)(H2,63,67,87)(H3,61,65,71,72,78). The van der Waals surface area contributed by atoms with Gasteiger partial charge in [-0.3, -0.25) is 29.0 Å². The molecule has 87 heavy (non-hydrogen) atoms. The number of amides is 4. The van der Waals surface area contributed by atoms with Gasteiger partial charge in [0, 0.05) is 84.1 Å². The Labute approximate surface area is 510 Å². The number of thiol groups is 1. The summed E-state index contributed by atoms with van der Waals surface area (Å²) in [6.07, 6.45) is 2.63. The van der Waals surface area contributed by atoms with Gasteiger partial charge in [-0.1, -0.05) is 18.7 Å². The fraction of sp³-hybridized carbons (Fsp3) is 0.333. The van der Waals surface area contributed by atoms with Crippen LogP contribution in [0.1, 0.15) is 109 Å². The molecule has 1 aliphatic rings. The number of thiocarbonyl (C=S) groups is 1. The third-order valence-electron chi connectivity index (χ3n) is 14.1. The van der Waals surface area contributed by atoms with E-state index >= 15 is 0 Å². The average Bonchev–Trinajstić information content (AvgIpc) is 0.988. The van der Waals surface area contributed by atoms with Crippen LogP contribution in [0.25, 0.3) is 23.3 Å². The minimum absolute atomic E-state index is 0.0114. The first-order valence-corrected chi connectivity index (χ1v) is 29.2. The molecule has 25 nitrogen and oxygen atoms in total. The maximum Gasteiger partial charge on any atom is 0.336 e. The van der Waals surface area contributed by atoms with Crippen molar-refractivity contribution in [1.82, 2.24) is 46.5 Å². The van der Waals surface area contributed by atoms with Crippen LogP contribution >= 0.6 is 24.8 Å². The summed E-state index contributed by atoms with van der Waals surface area (Å²) in [4.78, 5) is 118. The van der Waals surface area contributed by atoms with E-state index in [1.165, 1.54) is 24.4 Å². The highest BCUT2D eigenvalue weighted by atomic mass is 32.1. The molecule has 2 aromatic heterocycles. The number of hydrogen-bond acceptors (Lipinski definition) is 17. The molecule has 458 valence electrons. The fourth-order valence-electron chi connectivity index (χ4n) is 9.60. The summed E-state index contributed by atoms with van der Waals surface area (Å²) in [7, 11) is 0. The molecule has 1 aliphatic heterocycles. The molecule has 0 saturated carbocycles. The number of fused-ring (bicyclic) bond motifs is 3. The zero-order chi connectivity index (χ0) is 62.7. The second-order valence-corrected chi connectivity index (χ2v) is 21.1. The van der Waals surface area contributed by atoms with Gasteiger partial charge in [0.25, 0.3) is 11.5 Å². The Morgan fingerprint density at radius 2 is 1.41 bits per heavy atom. The van der Waals surface area contributed by atoms with E-state index < -0.39 is 65.7 Å². The van der Waals surface area contributed by atoms with E-state index in [-0.39, 0.29) is 90.2 Å². The zero-order valence-electron chi connectivity index (χ0n) is 47.9. The number of hydrogen-bond donors (Lipinski definition) is 13. The van der Waals surface area contributed by atoms with Crippen LogP contribution in [0.3, 0.4) is 0 Å². The number of carbonyl (C=O) groups is 7. The summed E-state index contributed by atoms with van der Waals surface area (Å²) < 4.78 is 6.42. The lowest BCUT2D eigenvalue weighted by Gasteiger charge is -2.26. The van der Waals surface area contributed by atoms with E-state index in [9.17, 15) is 53.7 Å². The summed E-state index contributed by atoms with van der Waals surface area (Å²) in [6, 6.07) is 18.7. The van der Waals surface area contributed by atoms with Gasteiger partial charge in [0.1, 0.15) is 29.6 Å². The van der Waals surface area contributed by atoms with Crippen molar-refractivity contribution < 1.29 is 53.6 Å². The first-order valence-electron chi connectivity index (χ1n) is 28.2. The number of aromatic amines is 1. The van der Waals surface area contributed by atoms with Crippen molar-refractivity contribution in [3.8, 4) is 11.5 Å². The average molecular weight is 1230 g/mol. The first-order chi connectivity index (χ1) is 41.7. The molecule has 3 atom stereocenters. The highest BCUT2D eigenvalue weighted by molar-refractivity contribution is 7.80. The van der Waals surface area contributed by atoms with Crippen LogP contribution in [0.15, 0.2) is 89.9 Å². The van der Waals surface area contributed by atoms with Gasteiger partial charge < -0.3 is 67.9 Å². The number of carboxylic acid groups (broad SMARTS) is 3. The van der Waals surface area contributed by atoms with Gasteiger partial charge >= 0.3 is 17.9 Å². The number of aromatic nitrogens is 4. The highest BCUT2D eigenvalue weighted by Gasteiger charge is 2.28. The molecule has 0 saturated heterocycles. The minimum atomic E-state index is -1.48. The summed E-state index contributed by atoms with van der Waals surface area (Å²) in [5.74, 6) is -4.81. The number of nitrogens with two attached hydrogens (primary N) is 1. The largest absolute Gasteiger partial charge is 0.480 e. The smallest absolute Gasteiger partial charge is 0.336 e. The van der Waals surface area contributed by atoms with Crippen LogP contribution in [-0.2, 0) is 30.5 Å². The predicted octanol–water partition coefficient (Wildman–Crippen LogP) is 4.00. The predicted molar refractivity (Wildman–Crippen MR) is 335 cm³/mol. The molecule has 0 radical (unpaired) electrons. The number of rotatable bonds is 31. The third-order valence-corrected chi connectivity index (χ3v) is 14.6. The quantitative estimate of drug-likeness (QED) is 0.0166. The van der Waals surface area contributed by atoms with E-state index in [2.05, 4.69) is 95.1 Å². The van der Waals surface area contributed by atoms with Crippen LogP contribution in [-0.4, -0.2) is 132 Å². The van der Waals surface area contributed by atoms with Crippen molar-refractivity contribution in [2.24, 2.45) is 0 Å². The number of nitrogens with zero attached hydrogens (tertiary/aromatic N) is 4. The number of nitrogen functional groups attached to an aromatic ring is 1. The molecule has 27 heteroatoms. The van der Waals surface area contributed by atoms with Crippen molar-refractivity contribution >= 4 is 118 Å². The van der Waals surface area contributed by atoms with Crippen molar-refractivity contribution in [2.45, 2.75) is 96.3 Å². The van der Waals surface area contributed by atoms with Crippen molar-refractivity contribution in [3.63, 3.8) is 0 Å². The van der Waals surface area contributed by atoms with Gasteiger partial charge in [-0.25, -0.2) is 24.4 Å². The van der Waals surface area contributed by atoms with E-state index in [1.54, 1.807) is 24.3 Å². The summed E-state index contributed by atoms with van der Waals surface area (Å²) >= 11 is 9.79. The topological polar surface area (TPSA) is 374 Å². The number of aliphatic carboxylic acids is 2. The van der Waals surface area contributed by atoms with Crippen molar-refractivity contribution in [1.29, 1.82) is 0 Å². The molecule has 4 aromatic carbocycles. The van der Waals surface area contributed by atoms with Crippen LogP contribution in [0.5, 0.6) is 11.5 Å². The second-order valence-electron chi connectivity index (χ2n) is 20.3. The zero-order valence-corrected chi connectivity index (χ0v) is 49.6. The number of carboxylic acids is 3. The Hall–Kier alpha value is -9.63. The molecule has 7 rings (SSSR count). The molecule has 4 amide bonds. The number of nitrogens with one attached hydrogen (secondary N) is 8.